The molecule has 1 fully saturated rings. The van der Waals surface area contributed by atoms with Crippen LogP contribution in [-0.2, 0) is 14.4 Å². The zero-order valence-corrected chi connectivity index (χ0v) is 11.5. The maximum atomic E-state index is 12.3. The highest BCUT2D eigenvalue weighted by atomic mass is 16.4. The van der Waals surface area contributed by atoms with Crippen molar-refractivity contribution in [2.24, 2.45) is 0 Å². The van der Waals surface area contributed by atoms with Crippen LogP contribution in [0.2, 0.25) is 0 Å². The molecular formula is C13H20N2O4. The number of likely N-dealkylation sites (tertiary alicyclic amines) is 1. The van der Waals surface area contributed by atoms with Crippen LogP contribution in [0, 0.1) is 0 Å². The largest absolute Gasteiger partial charge is 0.478 e. The van der Waals surface area contributed by atoms with Gasteiger partial charge in [-0.15, -0.1) is 0 Å². The molecule has 6 heteroatoms. The highest BCUT2D eigenvalue weighted by Crippen LogP contribution is 2.20. The maximum absolute atomic E-state index is 12.3. The molecular weight excluding hydrogens is 248 g/mol. The zero-order valence-electron chi connectivity index (χ0n) is 11.5. The summed E-state index contributed by atoms with van der Waals surface area (Å²) in [6.07, 6.45) is 2.34. The predicted octanol–water partition coefficient (Wildman–Crippen LogP) is 0.534. The Kier molecular flexibility index (Phi) is 5.09. The van der Waals surface area contributed by atoms with Crippen LogP contribution in [0.1, 0.15) is 33.1 Å². The number of carbonyl (C=O) groups is 3. The number of hydrogen-bond acceptors (Lipinski definition) is 3. The molecule has 0 radical (unpaired) electrons. The van der Waals surface area contributed by atoms with E-state index in [-0.39, 0.29) is 23.0 Å². The Morgan fingerprint density at radius 1 is 1.16 bits per heavy atom. The Labute approximate surface area is 112 Å². The van der Waals surface area contributed by atoms with Crippen molar-refractivity contribution in [1.29, 1.82) is 0 Å². The first-order chi connectivity index (χ1) is 8.90. The Bertz CT molecular complexity index is 428. The number of carboxylic acids is 1. The van der Waals surface area contributed by atoms with Crippen LogP contribution in [0.5, 0.6) is 0 Å². The molecule has 0 spiro atoms. The summed E-state index contributed by atoms with van der Waals surface area (Å²) in [7, 11) is 1.53. The summed E-state index contributed by atoms with van der Waals surface area (Å²) in [6.45, 7) is 3.37. The molecule has 0 bridgehead atoms. The lowest BCUT2D eigenvalue weighted by atomic mass is 9.99. The lowest BCUT2D eigenvalue weighted by Gasteiger charge is -2.34. The van der Waals surface area contributed by atoms with Gasteiger partial charge in [0.2, 0.25) is 5.91 Å². The number of likely N-dealkylation sites (N-methyl/N-ethyl adjacent to an activating group) is 1. The number of rotatable bonds is 3. The summed E-state index contributed by atoms with van der Waals surface area (Å²) in [4.78, 5) is 36.4. The molecule has 1 atom stereocenters. The van der Waals surface area contributed by atoms with Crippen molar-refractivity contribution in [3.8, 4) is 0 Å². The van der Waals surface area contributed by atoms with Crippen molar-refractivity contribution < 1.29 is 19.5 Å². The monoisotopic (exact) mass is 268 g/mol. The number of carbonyl (C=O) groups excluding carboxylic acids is 2. The molecule has 6 nitrogen and oxygen atoms in total. The Morgan fingerprint density at radius 3 is 2.32 bits per heavy atom. The number of piperidine rings is 1. The van der Waals surface area contributed by atoms with Crippen LogP contribution in [-0.4, -0.2) is 47.4 Å². The lowest BCUT2D eigenvalue weighted by Crippen LogP contribution is -2.51. The first kappa shape index (κ1) is 15.2. The molecule has 1 heterocycles. The number of nitrogens with zero attached hydrogens (tertiary/aromatic N) is 1. The fraction of sp³-hybridized carbons (Fsp3) is 0.615. The van der Waals surface area contributed by atoms with E-state index in [0.29, 0.717) is 13.0 Å². The van der Waals surface area contributed by atoms with Crippen LogP contribution in [0.3, 0.4) is 0 Å². The summed E-state index contributed by atoms with van der Waals surface area (Å²) in [6, 6.07) is -0.497. The zero-order chi connectivity index (χ0) is 14.6. The third kappa shape index (κ3) is 3.33. The molecule has 1 aliphatic rings. The van der Waals surface area contributed by atoms with Gasteiger partial charge in [0.25, 0.3) is 5.91 Å². The average molecular weight is 268 g/mol. The Balaban J connectivity index is 2.98. The van der Waals surface area contributed by atoms with E-state index in [4.69, 9.17) is 5.11 Å². The van der Waals surface area contributed by atoms with E-state index in [9.17, 15) is 14.4 Å². The first-order valence-corrected chi connectivity index (χ1v) is 6.33. The van der Waals surface area contributed by atoms with Crippen LogP contribution in [0.4, 0.5) is 0 Å². The summed E-state index contributed by atoms with van der Waals surface area (Å²) in [5.74, 6) is -1.68. The number of hydrogen-bond donors (Lipinski definition) is 2. The molecule has 0 aromatic carbocycles. The van der Waals surface area contributed by atoms with E-state index >= 15 is 0 Å². The summed E-state index contributed by atoms with van der Waals surface area (Å²) in [5, 5.41) is 11.5. The maximum Gasteiger partial charge on any atom is 0.331 e. The topological polar surface area (TPSA) is 86.7 Å². The SMILES string of the molecule is CNC(=O)C1CCCCN1C(=O)C(C)=C(C)C(=O)O. The van der Waals surface area contributed by atoms with E-state index < -0.39 is 12.0 Å². The predicted molar refractivity (Wildman–Crippen MR) is 69.4 cm³/mol. The summed E-state index contributed by atoms with van der Waals surface area (Å²) in [5.41, 5.74) is 0.203. The highest BCUT2D eigenvalue weighted by Gasteiger charge is 2.32. The van der Waals surface area contributed by atoms with Crippen LogP contribution < -0.4 is 5.32 Å². The molecule has 1 unspecified atom stereocenters. The Hall–Kier alpha value is -1.85. The number of aliphatic carboxylic acids is 1. The third-order valence-electron chi connectivity index (χ3n) is 3.52. The van der Waals surface area contributed by atoms with Gasteiger partial charge in [-0.25, -0.2) is 4.79 Å². The number of carboxylic acid groups (broad SMARTS) is 1. The van der Waals surface area contributed by atoms with E-state index in [1.807, 2.05) is 0 Å². The Morgan fingerprint density at radius 2 is 1.79 bits per heavy atom. The van der Waals surface area contributed by atoms with Gasteiger partial charge in [0.15, 0.2) is 0 Å². The highest BCUT2D eigenvalue weighted by molar-refractivity contribution is 6.03. The summed E-state index contributed by atoms with van der Waals surface area (Å²) < 4.78 is 0. The van der Waals surface area contributed by atoms with Crippen molar-refractivity contribution >= 4 is 17.8 Å². The normalized spacial score (nSPS) is 20.6. The second kappa shape index (κ2) is 6.36. The fourth-order valence-electron chi connectivity index (χ4n) is 2.15. The van der Waals surface area contributed by atoms with E-state index in [1.54, 1.807) is 0 Å². The van der Waals surface area contributed by atoms with E-state index in [2.05, 4.69) is 5.32 Å². The van der Waals surface area contributed by atoms with Gasteiger partial charge in [0.1, 0.15) is 6.04 Å². The molecule has 0 aliphatic carbocycles. The van der Waals surface area contributed by atoms with Gasteiger partial charge in [-0.05, 0) is 33.1 Å². The number of nitrogens with one attached hydrogen (secondary N) is 1. The standard InChI is InChI=1S/C13H20N2O4/c1-8(9(2)13(18)19)12(17)15-7-5-4-6-10(15)11(16)14-3/h10H,4-7H2,1-3H3,(H,14,16)(H,18,19). The van der Waals surface area contributed by atoms with Crippen molar-refractivity contribution in [3.05, 3.63) is 11.1 Å². The van der Waals surface area contributed by atoms with Crippen molar-refractivity contribution in [1.82, 2.24) is 10.2 Å². The van der Waals surface area contributed by atoms with Crippen molar-refractivity contribution in [2.75, 3.05) is 13.6 Å². The van der Waals surface area contributed by atoms with Gasteiger partial charge >= 0.3 is 5.97 Å². The first-order valence-electron chi connectivity index (χ1n) is 6.33. The molecule has 106 valence electrons. The molecule has 0 saturated carbocycles. The quantitative estimate of drug-likeness (QED) is 0.731. The molecule has 0 aromatic heterocycles. The van der Waals surface area contributed by atoms with Crippen molar-refractivity contribution in [3.63, 3.8) is 0 Å². The second-order valence-corrected chi connectivity index (χ2v) is 4.68. The summed E-state index contributed by atoms with van der Waals surface area (Å²) >= 11 is 0. The van der Waals surface area contributed by atoms with Gasteiger partial charge in [-0.3, -0.25) is 9.59 Å². The van der Waals surface area contributed by atoms with Gasteiger partial charge in [0.05, 0.1) is 0 Å². The molecule has 0 aromatic rings. The van der Waals surface area contributed by atoms with Gasteiger partial charge in [-0.2, -0.15) is 0 Å². The van der Waals surface area contributed by atoms with Gasteiger partial charge in [0, 0.05) is 24.7 Å². The lowest BCUT2D eigenvalue weighted by molar-refractivity contribution is -0.139. The van der Waals surface area contributed by atoms with E-state index in [1.165, 1.54) is 25.8 Å². The van der Waals surface area contributed by atoms with Gasteiger partial charge < -0.3 is 15.3 Å². The van der Waals surface area contributed by atoms with Crippen LogP contribution in [0.25, 0.3) is 0 Å². The minimum absolute atomic E-state index is 0.0197. The molecule has 19 heavy (non-hydrogen) atoms. The minimum atomic E-state index is -1.11. The molecule has 2 amide bonds. The third-order valence-corrected chi connectivity index (χ3v) is 3.52. The fourth-order valence-corrected chi connectivity index (χ4v) is 2.15. The van der Waals surface area contributed by atoms with Crippen LogP contribution in [0.15, 0.2) is 11.1 Å². The van der Waals surface area contributed by atoms with Crippen LogP contribution >= 0.6 is 0 Å². The van der Waals surface area contributed by atoms with E-state index in [0.717, 1.165) is 12.8 Å². The van der Waals surface area contributed by atoms with Gasteiger partial charge in [-0.1, -0.05) is 0 Å². The average Bonchev–Trinajstić information content (AvgIpc) is 2.43. The van der Waals surface area contributed by atoms with Crippen molar-refractivity contribution in [2.45, 2.75) is 39.2 Å². The molecule has 1 rings (SSSR count). The molecule has 1 aliphatic heterocycles. The smallest absolute Gasteiger partial charge is 0.331 e. The molecule has 1 saturated heterocycles. The second-order valence-electron chi connectivity index (χ2n) is 4.68. The molecule has 2 N–H and O–H groups in total. The minimum Gasteiger partial charge on any atom is -0.478 e. The number of amides is 2.